The van der Waals surface area contributed by atoms with Crippen LogP contribution in [0.3, 0.4) is 0 Å². The van der Waals surface area contributed by atoms with Gasteiger partial charge in [-0.25, -0.2) is 0 Å². The minimum absolute atomic E-state index is 0.0842. The highest BCUT2D eigenvalue weighted by Crippen LogP contribution is 2.24. The topological polar surface area (TPSA) is 90.4 Å². The van der Waals surface area contributed by atoms with E-state index in [1.54, 1.807) is 6.07 Å². The molecule has 0 saturated heterocycles. The van der Waals surface area contributed by atoms with Crippen molar-refractivity contribution in [1.82, 2.24) is 0 Å². The molecule has 0 aliphatic carbocycles. The number of hydrogen-bond acceptors (Lipinski definition) is 5. The molecule has 0 unspecified atom stereocenters. The molecule has 0 atom stereocenters. The average molecular weight is 251 g/mol. The van der Waals surface area contributed by atoms with Crippen LogP contribution >= 0.6 is 0 Å². The lowest BCUT2D eigenvalue weighted by atomic mass is 10.2. The summed E-state index contributed by atoms with van der Waals surface area (Å²) in [6.07, 6.45) is 0. The molecule has 18 heavy (non-hydrogen) atoms. The fourth-order valence-electron chi connectivity index (χ4n) is 1.34. The van der Waals surface area contributed by atoms with Gasteiger partial charge in [0.05, 0.1) is 18.1 Å². The molecule has 1 aromatic carbocycles. The number of benzene rings is 1. The minimum Gasteiger partial charge on any atom is -0.393 e. The van der Waals surface area contributed by atoms with Gasteiger partial charge in [-0.3, -0.25) is 10.1 Å². The standard InChI is InChI=1S/C12H17N3O3/c1-9(2)8-18-6-5-14-10-3-4-12(15(16)17)11(13)7-10/h3-4,7,14H,1,5-6,8,13H2,2H3. The fraction of sp³-hybridized carbons (Fsp3) is 0.333. The van der Waals surface area contributed by atoms with Gasteiger partial charge >= 0.3 is 0 Å². The Balaban J connectivity index is 2.42. The Labute approximate surface area is 106 Å². The molecule has 0 saturated carbocycles. The highest BCUT2D eigenvalue weighted by molar-refractivity contribution is 5.65. The van der Waals surface area contributed by atoms with E-state index < -0.39 is 4.92 Å². The maximum atomic E-state index is 10.6. The van der Waals surface area contributed by atoms with Crippen molar-refractivity contribution < 1.29 is 9.66 Å². The molecule has 3 N–H and O–H groups in total. The summed E-state index contributed by atoms with van der Waals surface area (Å²) in [5.41, 5.74) is 7.33. The monoisotopic (exact) mass is 251 g/mol. The second kappa shape index (κ2) is 6.61. The number of nitrogens with one attached hydrogen (secondary N) is 1. The van der Waals surface area contributed by atoms with Crippen LogP contribution in [0.15, 0.2) is 30.4 Å². The Hall–Kier alpha value is -2.08. The molecule has 1 rings (SSSR count). The molecule has 0 bridgehead atoms. The maximum Gasteiger partial charge on any atom is 0.292 e. The fourth-order valence-corrected chi connectivity index (χ4v) is 1.34. The van der Waals surface area contributed by atoms with Crippen molar-refractivity contribution >= 4 is 17.1 Å². The zero-order chi connectivity index (χ0) is 13.5. The van der Waals surface area contributed by atoms with Crippen LogP contribution in [-0.2, 0) is 4.74 Å². The molecular weight excluding hydrogens is 234 g/mol. The smallest absolute Gasteiger partial charge is 0.292 e. The molecule has 6 heteroatoms. The number of nitro groups is 1. The second-order valence-electron chi connectivity index (χ2n) is 3.97. The Morgan fingerprint density at radius 1 is 1.61 bits per heavy atom. The molecular formula is C12H17N3O3. The van der Waals surface area contributed by atoms with E-state index in [4.69, 9.17) is 10.5 Å². The van der Waals surface area contributed by atoms with Crippen LogP contribution in [-0.4, -0.2) is 24.7 Å². The molecule has 0 radical (unpaired) electrons. The van der Waals surface area contributed by atoms with Crippen molar-refractivity contribution in [3.63, 3.8) is 0 Å². The van der Waals surface area contributed by atoms with Gasteiger partial charge in [0.15, 0.2) is 0 Å². The first-order chi connectivity index (χ1) is 8.50. The lowest BCUT2D eigenvalue weighted by Gasteiger charge is -2.08. The van der Waals surface area contributed by atoms with E-state index in [9.17, 15) is 10.1 Å². The van der Waals surface area contributed by atoms with Crippen LogP contribution in [0.4, 0.5) is 17.1 Å². The first kappa shape index (κ1) is 14.0. The summed E-state index contributed by atoms with van der Waals surface area (Å²) in [4.78, 5) is 10.1. The van der Waals surface area contributed by atoms with Gasteiger partial charge in [-0.1, -0.05) is 12.2 Å². The number of rotatable bonds is 7. The van der Waals surface area contributed by atoms with Crippen molar-refractivity contribution in [3.05, 3.63) is 40.5 Å². The molecule has 0 aromatic heterocycles. The Bertz CT molecular complexity index is 446. The number of nitrogen functional groups attached to an aromatic ring is 1. The highest BCUT2D eigenvalue weighted by Gasteiger charge is 2.10. The van der Waals surface area contributed by atoms with Gasteiger partial charge in [0, 0.05) is 18.3 Å². The Kier molecular flexibility index (Phi) is 5.13. The largest absolute Gasteiger partial charge is 0.393 e. The number of ether oxygens (including phenoxy) is 1. The first-order valence-electron chi connectivity index (χ1n) is 5.50. The van der Waals surface area contributed by atoms with E-state index >= 15 is 0 Å². The summed E-state index contributed by atoms with van der Waals surface area (Å²) in [5.74, 6) is 0. The number of hydrogen-bond donors (Lipinski definition) is 2. The molecule has 0 amide bonds. The molecule has 98 valence electrons. The van der Waals surface area contributed by atoms with E-state index in [0.717, 1.165) is 11.3 Å². The third-order valence-corrected chi connectivity index (χ3v) is 2.15. The van der Waals surface area contributed by atoms with Crippen LogP contribution in [0.25, 0.3) is 0 Å². The van der Waals surface area contributed by atoms with Crippen molar-refractivity contribution in [1.29, 1.82) is 0 Å². The minimum atomic E-state index is -0.505. The lowest BCUT2D eigenvalue weighted by Crippen LogP contribution is -2.10. The maximum absolute atomic E-state index is 10.6. The van der Waals surface area contributed by atoms with Crippen LogP contribution in [0.2, 0.25) is 0 Å². The highest BCUT2D eigenvalue weighted by atomic mass is 16.6. The van der Waals surface area contributed by atoms with Gasteiger partial charge in [-0.05, 0) is 19.1 Å². The van der Waals surface area contributed by atoms with Gasteiger partial charge in [0.1, 0.15) is 5.69 Å². The van der Waals surface area contributed by atoms with E-state index in [0.29, 0.717) is 19.8 Å². The molecule has 0 fully saturated rings. The van der Waals surface area contributed by atoms with Gasteiger partial charge in [-0.2, -0.15) is 0 Å². The predicted molar refractivity (Wildman–Crippen MR) is 71.6 cm³/mol. The SMILES string of the molecule is C=C(C)COCCNc1ccc([N+](=O)[O-])c(N)c1. The molecule has 0 spiro atoms. The zero-order valence-corrected chi connectivity index (χ0v) is 10.3. The molecule has 6 nitrogen and oxygen atoms in total. The van der Waals surface area contributed by atoms with E-state index in [-0.39, 0.29) is 11.4 Å². The molecule has 0 heterocycles. The van der Waals surface area contributed by atoms with Gasteiger partial charge in [-0.15, -0.1) is 0 Å². The third kappa shape index (κ3) is 4.42. The summed E-state index contributed by atoms with van der Waals surface area (Å²) in [6, 6.07) is 4.54. The quantitative estimate of drug-likeness (QED) is 0.255. The van der Waals surface area contributed by atoms with Gasteiger partial charge < -0.3 is 15.8 Å². The van der Waals surface area contributed by atoms with Gasteiger partial charge in [0.2, 0.25) is 0 Å². The summed E-state index contributed by atoms with van der Waals surface area (Å²) in [5, 5.41) is 13.6. The summed E-state index contributed by atoms with van der Waals surface area (Å²) in [6.45, 7) is 7.28. The van der Waals surface area contributed by atoms with Gasteiger partial charge in [0.25, 0.3) is 5.69 Å². The Morgan fingerprint density at radius 3 is 2.89 bits per heavy atom. The second-order valence-corrected chi connectivity index (χ2v) is 3.97. The number of anilines is 2. The number of nitro benzene ring substituents is 1. The molecule has 0 aliphatic rings. The van der Waals surface area contributed by atoms with Crippen molar-refractivity contribution in [3.8, 4) is 0 Å². The van der Waals surface area contributed by atoms with Crippen molar-refractivity contribution in [2.75, 3.05) is 30.8 Å². The third-order valence-electron chi connectivity index (χ3n) is 2.15. The van der Waals surface area contributed by atoms with Crippen LogP contribution in [0.5, 0.6) is 0 Å². The molecule has 0 aliphatic heterocycles. The number of nitrogens with two attached hydrogens (primary N) is 1. The van der Waals surface area contributed by atoms with Crippen LogP contribution in [0, 0.1) is 10.1 Å². The van der Waals surface area contributed by atoms with Crippen LogP contribution < -0.4 is 11.1 Å². The zero-order valence-electron chi connectivity index (χ0n) is 10.3. The summed E-state index contributed by atoms with van der Waals surface area (Å²) >= 11 is 0. The van der Waals surface area contributed by atoms with E-state index in [1.807, 2.05) is 6.92 Å². The van der Waals surface area contributed by atoms with Crippen molar-refractivity contribution in [2.45, 2.75) is 6.92 Å². The Morgan fingerprint density at radius 2 is 2.33 bits per heavy atom. The summed E-state index contributed by atoms with van der Waals surface area (Å²) < 4.78 is 5.31. The van der Waals surface area contributed by atoms with Crippen molar-refractivity contribution in [2.24, 2.45) is 0 Å². The van der Waals surface area contributed by atoms with E-state index in [1.165, 1.54) is 12.1 Å². The normalized spacial score (nSPS) is 10.1. The lowest BCUT2D eigenvalue weighted by molar-refractivity contribution is -0.383. The first-order valence-corrected chi connectivity index (χ1v) is 5.50. The number of nitrogens with zero attached hydrogens (tertiary/aromatic N) is 1. The summed E-state index contributed by atoms with van der Waals surface area (Å²) in [7, 11) is 0. The van der Waals surface area contributed by atoms with E-state index in [2.05, 4.69) is 11.9 Å². The van der Waals surface area contributed by atoms with Crippen LogP contribution in [0.1, 0.15) is 6.92 Å². The average Bonchev–Trinajstić information content (AvgIpc) is 2.27. The molecule has 1 aromatic rings. The predicted octanol–water partition coefficient (Wildman–Crippen LogP) is 2.18.